The van der Waals surface area contributed by atoms with Crippen LogP contribution in [0.4, 0.5) is 0 Å². The summed E-state index contributed by atoms with van der Waals surface area (Å²) in [5, 5.41) is 7.59. The average Bonchev–Trinajstić information content (AvgIpc) is 2.31. The number of nitrogens with zero attached hydrogens (tertiary/aromatic N) is 1. The minimum absolute atomic E-state index is 0.129. The summed E-state index contributed by atoms with van der Waals surface area (Å²) in [7, 11) is 0. The van der Waals surface area contributed by atoms with E-state index in [2.05, 4.69) is 25.7 Å². The van der Waals surface area contributed by atoms with Gasteiger partial charge < -0.3 is 10.6 Å². The fourth-order valence-corrected chi connectivity index (χ4v) is 2.87. The summed E-state index contributed by atoms with van der Waals surface area (Å²) in [5.74, 6) is 0.325. The normalized spacial score (nSPS) is 22.1. The number of likely N-dealkylation sites (tertiary alicyclic amines) is 1. The van der Waals surface area contributed by atoms with Gasteiger partial charge in [-0.25, -0.2) is 0 Å². The van der Waals surface area contributed by atoms with Gasteiger partial charge in [0.25, 0.3) is 0 Å². The maximum Gasteiger partial charge on any atom is 0.0963 e. The van der Waals surface area contributed by atoms with Crippen LogP contribution in [0.25, 0.3) is 0 Å². The van der Waals surface area contributed by atoms with Crippen molar-refractivity contribution in [3.63, 3.8) is 0 Å². The van der Waals surface area contributed by atoms with Crippen LogP contribution in [-0.4, -0.2) is 29.9 Å². The van der Waals surface area contributed by atoms with Crippen LogP contribution in [-0.2, 0) is 0 Å². The zero-order valence-electron chi connectivity index (χ0n) is 12.5. The van der Waals surface area contributed by atoms with Crippen molar-refractivity contribution in [2.75, 3.05) is 13.1 Å². The van der Waals surface area contributed by atoms with Crippen molar-refractivity contribution >= 4 is 5.84 Å². The molecule has 3 N–H and O–H groups in total. The summed E-state index contributed by atoms with van der Waals surface area (Å²) in [4.78, 5) is 2.67. The highest BCUT2D eigenvalue weighted by Gasteiger charge is 2.24. The van der Waals surface area contributed by atoms with E-state index in [1.165, 1.54) is 45.2 Å². The van der Waals surface area contributed by atoms with Crippen LogP contribution in [0.5, 0.6) is 0 Å². The van der Waals surface area contributed by atoms with Crippen molar-refractivity contribution in [1.29, 1.82) is 5.41 Å². The lowest BCUT2D eigenvalue weighted by molar-refractivity contribution is 0.134. The van der Waals surface area contributed by atoms with Crippen LogP contribution in [0.2, 0.25) is 0 Å². The Hall–Kier alpha value is -0.570. The summed E-state index contributed by atoms with van der Waals surface area (Å²) in [5.41, 5.74) is 5.51. The number of amidine groups is 1. The molecule has 0 aromatic carbocycles. The van der Waals surface area contributed by atoms with Gasteiger partial charge in [-0.15, -0.1) is 0 Å². The third kappa shape index (κ3) is 4.60. The largest absolute Gasteiger partial charge is 0.387 e. The number of nitrogens with two attached hydrogens (primary N) is 1. The van der Waals surface area contributed by atoms with Gasteiger partial charge in [0.05, 0.1) is 5.84 Å². The number of rotatable bonds is 7. The highest BCUT2D eigenvalue weighted by Crippen LogP contribution is 2.25. The van der Waals surface area contributed by atoms with Crippen molar-refractivity contribution in [1.82, 2.24) is 4.90 Å². The first kappa shape index (κ1) is 15.5. The van der Waals surface area contributed by atoms with Gasteiger partial charge in [0, 0.05) is 11.5 Å². The van der Waals surface area contributed by atoms with Gasteiger partial charge in [-0.3, -0.25) is 5.41 Å². The maximum absolute atomic E-state index is 7.59. The second kappa shape index (κ2) is 7.13. The quantitative estimate of drug-likeness (QED) is 0.540. The molecule has 1 rings (SSSR count). The molecule has 1 unspecified atom stereocenters. The fraction of sp³-hybridized carbons (Fsp3) is 0.933. The minimum Gasteiger partial charge on any atom is -0.387 e. The Balaban J connectivity index is 2.34. The van der Waals surface area contributed by atoms with Crippen LogP contribution < -0.4 is 5.73 Å². The SMILES string of the molecule is CCCC1CCCCN1CCCC(C)(C)C(=N)N. The van der Waals surface area contributed by atoms with E-state index >= 15 is 0 Å². The standard InChI is InChI=1S/C15H31N3/c1-4-8-13-9-5-6-11-18(13)12-7-10-15(2,3)14(16)17/h13H,4-12H2,1-3H3,(H3,16,17). The monoisotopic (exact) mass is 253 g/mol. The van der Waals surface area contributed by atoms with Gasteiger partial charge in [-0.1, -0.05) is 33.6 Å². The van der Waals surface area contributed by atoms with Crippen LogP contribution in [0.15, 0.2) is 0 Å². The molecule has 0 spiro atoms. The molecule has 0 aromatic heterocycles. The molecule has 1 atom stereocenters. The average molecular weight is 253 g/mol. The minimum atomic E-state index is -0.129. The first-order valence-corrected chi connectivity index (χ1v) is 7.56. The van der Waals surface area contributed by atoms with E-state index in [1.54, 1.807) is 0 Å². The second-order valence-corrected chi connectivity index (χ2v) is 6.38. The van der Waals surface area contributed by atoms with Gasteiger partial charge in [0.1, 0.15) is 0 Å². The Morgan fingerprint density at radius 3 is 2.72 bits per heavy atom. The van der Waals surface area contributed by atoms with Crippen molar-refractivity contribution in [2.45, 2.75) is 71.8 Å². The van der Waals surface area contributed by atoms with E-state index in [1.807, 2.05) is 0 Å². The molecular weight excluding hydrogens is 222 g/mol. The van der Waals surface area contributed by atoms with Gasteiger partial charge in [0.2, 0.25) is 0 Å². The molecule has 3 nitrogen and oxygen atoms in total. The third-order valence-electron chi connectivity index (χ3n) is 4.35. The maximum atomic E-state index is 7.59. The molecule has 106 valence electrons. The predicted octanol–water partition coefficient (Wildman–Crippen LogP) is 3.38. The van der Waals surface area contributed by atoms with E-state index in [-0.39, 0.29) is 5.41 Å². The lowest BCUT2D eigenvalue weighted by atomic mass is 9.86. The molecule has 0 saturated carbocycles. The molecule has 1 heterocycles. The van der Waals surface area contributed by atoms with Crippen molar-refractivity contribution in [3.8, 4) is 0 Å². The molecule has 0 radical (unpaired) electrons. The van der Waals surface area contributed by atoms with E-state index < -0.39 is 0 Å². The molecular formula is C15H31N3. The molecule has 1 aliphatic heterocycles. The first-order chi connectivity index (χ1) is 8.47. The number of piperidine rings is 1. The van der Waals surface area contributed by atoms with Crippen molar-refractivity contribution in [3.05, 3.63) is 0 Å². The molecule has 1 saturated heterocycles. The second-order valence-electron chi connectivity index (χ2n) is 6.38. The zero-order valence-corrected chi connectivity index (χ0v) is 12.5. The lowest BCUT2D eigenvalue weighted by Crippen LogP contribution is -2.40. The highest BCUT2D eigenvalue weighted by molar-refractivity contribution is 5.82. The number of hydrogen-bond donors (Lipinski definition) is 2. The molecule has 0 amide bonds. The number of hydrogen-bond acceptors (Lipinski definition) is 2. The Kier molecular flexibility index (Phi) is 6.13. The molecule has 18 heavy (non-hydrogen) atoms. The van der Waals surface area contributed by atoms with E-state index in [9.17, 15) is 0 Å². The van der Waals surface area contributed by atoms with E-state index in [0.717, 1.165) is 18.9 Å². The van der Waals surface area contributed by atoms with Crippen molar-refractivity contribution in [2.24, 2.45) is 11.1 Å². The molecule has 0 bridgehead atoms. The number of nitrogens with one attached hydrogen (secondary N) is 1. The van der Waals surface area contributed by atoms with E-state index in [0.29, 0.717) is 5.84 Å². The topological polar surface area (TPSA) is 53.1 Å². The third-order valence-corrected chi connectivity index (χ3v) is 4.35. The Morgan fingerprint density at radius 1 is 1.39 bits per heavy atom. The summed E-state index contributed by atoms with van der Waals surface area (Å²) in [6.45, 7) is 8.89. The van der Waals surface area contributed by atoms with Crippen LogP contribution in [0.3, 0.4) is 0 Å². The highest BCUT2D eigenvalue weighted by atomic mass is 15.2. The van der Waals surface area contributed by atoms with E-state index in [4.69, 9.17) is 11.1 Å². The first-order valence-electron chi connectivity index (χ1n) is 7.56. The molecule has 1 aliphatic rings. The van der Waals surface area contributed by atoms with Gasteiger partial charge in [-0.05, 0) is 45.2 Å². The lowest BCUT2D eigenvalue weighted by Gasteiger charge is -2.36. The Bertz CT molecular complexity index is 258. The summed E-state index contributed by atoms with van der Waals surface area (Å²) in [6, 6.07) is 0.809. The van der Waals surface area contributed by atoms with Crippen LogP contribution >= 0.6 is 0 Å². The molecule has 0 aliphatic carbocycles. The zero-order chi connectivity index (χ0) is 13.6. The molecule has 3 heteroatoms. The summed E-state index contributed by atoms with van der Waals surface area (Å²) in [6.07, 6.45) is 8.96. The summed E-state index contributed by atoms with van der Waals surface area (Å²) >= 11 is 0. The smallest absolute Gasteiger partial charge is 0.0963 e. The van der Waals surface area contributed by atoms with Crippen molar-refractivity contribution < 1.29 is 0 Å². The molecule has 1 fully saturated rings. The van der Waals surface area contributed by atoms with Crippen LogP contribution in [0, 0.1) is 10.8 Å². The van der Waals surface area contributed by atoms with Gasteiger partial charge in [-0.2, -0.15) is 0 Å². The van der Waals surface area contributed by atoms with Gasteiger partial charge in [0.15, 0.2) is 0 Å². The Labute approximate surface area is 113 Å². The molecule has 0 aromatic rings. The van der Waals surface area contributed by atoms with Crippen LogP contribution in [0.1, 0.15) is 65.7 Å². The predicted molar refractivity (Wildman–Crippen MR) is 79.0 cm³/mol. The Morgan fingerprint density at radius 2 is 2.11 bits per heavy atom. The van der Waals surface area contributed by atoms with Gasteiger partial charge >= 0.3 is 0 Å². The fourth-order valence-electron chi connectivity index (χ4n) is 2.87. The summed E-state index contributed by atoms with van der Waals surface area (Å²) < 4.78 is 0.